The van der Waals surface area contributed by atoms with Crippen molar-refractivity contribution >= 4 is 0 Å². The normalized spacial score (nSPS) is 12.7. The lowest BCUT2D eigenvalue weighted by Crippen LogP contribution is -2.00. The Bertz CT molecular complexity index is 520. The number of aliphatic hydroxyl groups excluding tert-OH is 1. The summed E-state index contributed by atoms with van der Waals surface area (Å²) in [6, 6.07) is 3.84. The smallest absolute Gasteiger partial charge is 0.225 e. The molecule has 0 saturated heterocycles. The van der Waals surface area contributed by atoms with Crippen molar-refractivity contribution < 1.29 is 9.84 Å². The summed E-state index contributed by atoms with van der Waals surface area (Å²) in [4.78, 5) is 4.13. The Kier molecular flexibility index (Phi) is 3.62. The van der Waals surface area contributed by atoms with Crippen LogP contribution in [0.3, 0.4) is 0 Å². The predicted octanol–water partition coefficient (Wildman–Crippen LogP) is 2.70. The standard InChI is InChI=1S/C13H17N3O2/c1-9(2)16-8-11(7-15-16)18-13-12(10(3)17)5-4-6-14-13/h4-10,17H,1-3H3/t10-/m0/s1. The van der Waals surface area contributed by atoms with Crippen molar-refractivity contribution in [1.82, 2.24) is 14.8 Å². The molecule has 0 saturated carbocycles. The van der Waals surface area contributed by atoms with Crippen molar-refractivity contribution in [3.8, 4) is 11.6 Å². The molecule has 0 aromatic carbocycles. The molecule has 1 atom stereocenters. The Labute approximate surface area is 106 Å². The molecule has 0 aliphatic rings. The number of aliphatic hydroxyl groups is 1. The summed E-state index contributed by atoms with van der Waals surface area (Å²) in [7, 11) is 0. The van der Waals surface area contributed by atoms with Gasteiger partial charge < -0.3 is 9.84 Å². The number of nitrogens with zero attached hydrogens (tertiary/aromatic N) is 3. The monoisotopic (exact) mass is 247 g/mol. The minimum Gasteiger partial charge on any atom is -0.435 e. The molecule has 0 fully saturated rings. The average Bonchev–Trinajstić information content (AvgIpc) is 2.78. The van der Waals surface area contributed by atoms with Crippen LogP contribution in [0.2, 0.25) is 0 Å². The van der Waals surface area contributed by atoms with Gasteiger partial charge in [-0.2, -0.15) is 5.10 Å². The Morgan fingerprint density at radius 1 is 1.33 bits per heavy atom. The van der Waals surface area contributed by atoms with E-state index in [1.54, 1.807) is 36.1 Å². The first kappa shape index (κ1) is 12.6. The van der Waals surface area contributed by atoms with Crippen LogP contribution in [0.4, 0.5) is 0 Å². The number of rotatable bonds is 4. The van der Waals surface area contributed by atoms with Crippen molar-refractivity contribution in [2.24, 2.45) is 0 Å². The molecule has 18 heavy (non-hydrogen) atoms. The van der Waals surface area contributed by atoms with Crippen LogP contribution >= 0.6 is 0 Å². The topological polar surface area (TPSA) is 60.2 Å². The molecule has 2 heterocycles. The second-order valence-electron chi connectivity index (χ2n) is 4.43. The fraction of sp³-hybridized carbons (Fsp3) is 0.385. The highest BCUT2D eigenvalue weighted by molar-refractivity contribution is 5.31. The van der Waals surface area contributed by atoms with Gasteiger partial charge in [-0.15, -0.1) is 0 Å². The highest BCUT2D eigenvalue weighted by Crippen LogP contribution is 2.27. The molecule has 0 aliphatic heterocycles. The van der Waals surface area contributed by atoms with E-state index >= 15 is 0 Å². The van der Waals surface area contributed by atoms with Crippen LogP contribution in [0.15, 0.2) is 30.7 Å². The second-order valence-corrected chi connectivity index (χ2v) is 4.43. The van der Waals surface area contributed by atoms with Gasteiger partial charge >= 0.3 is 0 Å². The Morgan fingerprint density at radius 3 is 2.72 bits per heavy atom. The van der Waals surface area contributed by atoms with Crippen LogP contribution in [0.25, 0.3) is 0 Å². The average molecular weight is 247 g/mol. The zero-order chi connectivity index (χ0) is 13.1. The molecule has 2 rings (SSSR count). The third-order valence-electron chi connectivity index (χ3n) is 2.57. The summed E-state index contributed by atoms with van der Waals surface area (Å²) >= 11 is 0. The van der Waals surface area contributed by atoms with E-state index in [0.717, 1.165) is 0 Å². The zero-order valence-corrected chi connectivity index (χ0v) is 10.7. The van der Waals surface area contributed by atoms with Crippen molar-refractivity contribution in [3.05, 3.63) is 36.3 Å². The van der Waals surface area contributed by atoms with Gasteiger partial charge in [0.25, 0.3) is 0 Å². The number of hydrogen-bond donors (Lipinski definition) is 1. The first-order valence-corrected chi connectivity index (χ1v) is 5.93. The van der Waals surface area contributed by atoms with Crippen LogP contribution in [-0.4, -0.2) is 19.9 Å². The Hall–Kier alpha value is -1.88. The minimum absolute atomic E-state index is 0.280. The molecule has 0 bridgehead atoms. The summed E-state index contributed by atoms with van der Waals surface area (Å²) in [5, 5.41) is 13.8. The SMILES string of the molecule is CC(C)n1cc(Oc2ncccc2[C@H](C)O)cn1. The molecule has 96 valence electrons. The molecular formula is C13H17N3O2. The zero-order valence-electron chi connectivity index (χ0n) is 10.7. The van der Waals surface area contributed by atoms with Gasteiger partial charge in [0.05, 0.1) is 18.5 Å². The predicted molar refractivity (Wildman–Crippen MR) is 67.6 cm³/mol. The van der Waals surface area contributed by atoms with Crippen molar-refractivity contribution in [2.45, 2.75) is 32.9 Å². The maximum absolute atomic E-state index is 9.64. The second kappa shape index (κ2) is 5.18. The molecular weight excluding hydrogens is 230 g/mol. The van der Waals surface area contributed by atoms with Crippen LogP contribution in [-0.2, 0) is 0 Å². The lowest BCUT2D eigenvalue weighted by molar-refractivity contribution is 0.194. The summed E-state index contributed by atoms with van der Waals surface area (Å²) in [6.45, 7) is 5.76. The van der Waals surface area contributed by atoms with E-state index in [4.69, 9.17) is 4.74 Å². The number of aromatic nitrogens is 3. The third kappa shape index (κ3) is 2.68. The molecule has 5 nitrogen and oxygen atoms in total. The highest BCUT2D eigenvalue weighted by Gasteiger charge is 2.12. The molecule has 5 heteroatoms. The lowest BCUT2D eigenvalue weighted by Gasteiger charge is -2.10. The van der Waals surface area contributed by atoms with E-state index < -0.39 is 6.10 Å². The van der Waals surface area contributed by atoms with E-state index in [0.29, 0.717) is 17.2 Å². The largest absolute Gasteiger partial charge is 0.435 e. The van der Waals surface area contributed by atoms with E-state index in [9.17, 15) is 5.11 Å². The Morgan fingerprint density at radius 2 is 2.11 bits per heavy atom. The maximum Gasteiger partial charge on any atom is 0.225 e. The van der Waals surface area contributed by atoms with E-state index in [-0.39, 0.29) is 6.04 Å². The van der Waals surface area contributed by atoms with Gasteiger partial charge in [0.15, 0.2) is 5.75 Å². The maximum atomic E-state index is 9.64. The molecule has 0 spiro atoms. The van der Waals surface area contributed by atoms with E-state index in [2.05, 4.69) is 10.1 Å². The fourth-order valence-corrected chi connectivity index (χ4v) is 1.57. The van der Waals surface area contributed by atoms with Gasteiger partial charge in [-0.3, -0.25) is 4.68 Å². The van der Waals surface area contributed by atoms with Crippen LogP contribution < -0.4 is 4.74 Å². The number of ether oxygens (including phenoxy) is 1. The minimum atomic E-state index is -0.617. The summed E-state index contributed by atoms with van der Waals surface area (Å²) in [6.07, 6.45) is 4.47. The molecule has 0 amide bonds. The first-order valence-electron chi connectivity index (χ1n) is 5.93. The molecule has 2 aromatic heterocycles. The summed E-state index contributed by atoms with van der Waals surface area (Å²) in [5.41, 5.74) is 0.662. The lowest BCUT2D eigenvalue weighted by atomic mass is 10.2. The molecule has 0 unspecified atom stereocenters. The molecule has 2 aromatic rings. The van der Waals surface area contributed by atoms with Gasteiger partial charge in [-0.25, -0.2) is 4.98 Å². The van der Waals surface area contributed by atoms with Gasteiger partial charge in [-0.1, -0.05) is 0 Å². The number of hydrogen-bond acceptors (Lipinski definition) is 4. The number of pyridine rings is 1. The highest BCUT2D eigenvalue weighted by atomic mass is 16.5. The van der Waals surface area contributed by atoms with Gasteiger partial charge in [0.2, 0.25) is 5.88 Å². The van der Waals surface area contributed by atoms with Crippen molar-refractivity contribution in [1.29, 1.82) is 0 Å². The molecule has 0 aliphatic carbocycles. The van der Waals surface area contributed by atoms with Crippen LogP contribution in [0.1, 0.15) is 38.5 Å². The van der Waals surface area contributed by atoms with E-state index in [1.165, 1.54) is 0 Å². The van der Waals surface area contributed by atoms with Gasteiger partial charge in [-0.05, 0) is 32.9 Å². The first-order chi connectivity index (χ1) is 8.58. The van der Waals surface area contributed by atoms with Crippen molar-refractivity contribution in [3.63, 3.8) is 0 Å². The molecule has 1 N–H and O–H groups in total. The third-order valence-corrected chi connectivity index (χ3v) is 2.57. The Balaban J connectivity index is 2.23. The molecule has 0 radical (unpaired) electrons. The van der Waals surface area contributed by atoms with Gasteiger partial charge in [0, 0.05) is 17.8 Å². The van der Waals surface area contributed by atoms with E-state index in [1.807, 2.05) is 20.0 Å². The summed E-state index contributed by atoms with van der Waals surface area (Å²) in [5.74, 6) is 1.03. The van der Waals surface area contributed by atoms with Crippen LogP contribution in [0, 0.1) is 0 Å². The van der Waals surface area contributed by atoms with Crippen LogP contribution in [0.5, 0.6) is 11.6 Å². The van der Waals surface area contributed by atoms with Gasteiger partial charge in [0.1, 0.15) is 0 Å². The summed E-state index contributed by atoms with van der Waals surface area (Å²) < 4.78 is 7.45. The van der Waals surface area contributed by atoms with Crippen molar-refractivity contribution in [2.75, 3.05) is 0 Å². The quantitative estimate of drug-likeness (QED) is 0.902. The fourth-order valence-electron chi connectivity index (χ4n) is 1.57.